The van der Waals surface area contributed by atoms with Crippen molar-refractivity contribution in [3.8, 4) is 0 Å². The molecule has 1 atom stereocenters. The second-order valence-corrected chi connectivity index (χ2v) is 3.86. The van der Waals surface area contributed by atoms with Crippen LogP contribution < -0.4 is 5.73 Å². The Morgan fingerprint density at radius 3 is 2.80 bits per heavy atom. The van der Waals surface area contributed by atoms with Crippen molar-refractivity contribution in [1.29, 1.82) is 0 Å². The van der Waals surface area contributed by atoms with Crippen molar-refractivity contribution in [2.24, 2.45) is 5.73 Å². The molecule has 1 amide bonds. The Balaban J connectivity index is 2.49. The molecule has 2 N–H and O–H groups in total. The lowest BCUT2D eigenvalue weighted by atomic mass is 10.0. The molecule has 1 heterocycles. The number of primary amides is 1. The van der Waals surface area contributed by atoms with Gasteiger partial charge >= 0.3 is 0 Å². The predicted octanol–water partition coefficient (Wildman–Crippen LogP) is -0.458. The van der Waals surface area contributed by atoms with Crippen LogP contribution in [0.4, 0.5) is 0 Å². The molecule has 0 saturated carbocycles. The van der Waals surface area contributed by atoms with Crippen LogP contribution in [-0.4, -0.2) is 49.4 Å². The molecular weight excluding hydrogens is 196 g/mol. The summed E-state index contributed by atoms with van der Waals surface area (Å²) in [5, 5.41) is 0. The molecule has 1 aliphatic rings. The zero-order valence-corrected chi connectivity index (χ0v) is 9.07. The Morgan fingerprint density at radius 1 is 1.47 bits per heavy atom. The summed E-state index contributed by atoms with van der Waals surface area (Å²) in [7, 11) is 1.49. The first kappa shape index (κ1) is 12.1. The number of methoxy groups -OCH3 is 1. The van der Waals surface area contributed by atoms with Crippen LogP contribution in [0, 0.1) is 0 Å². The Morgan fingerprint density at radius 2 is 2.20 bits per heavy atom. The van der Waals surface area contributed by atoms with Gasteiger partial charge in [-0.2, -0.15) is 0 Å². The number of hydrogen-bond acceptors (Lipinski definition) is 4. The number of carbonyl (C=O) groups excluding carboxylic acids is 2. The number of ether oxygens (including phenoxy) is 1. The lowest BCUT2D eigenvalue weighted by molar-refractivity contribution is -0.128. The normalized spacial score (nSPS) is 22.6. The van der Waals surface area contributed by atoms with Crippen LogP contribution in [-0.2, 0) is 14.3 Å². The fourth-order valence-electron chi connectivity index (χ4n) is 1.94. The standard InChI is InChI=1S/C10H18N2O3/c1-15-7-8(13)6-12-5-3-2-4-9(12)10(11)14/h9H,2-7H2,1H3,(H2,11,14). The molecule has 1 rings (SSSR count). The van der Waals surface area contributed by atoms with Crippen molar-refractivity contribution >= 4 is 11.7 Å². The minimum Gasteiger partial charge on any atom is -0.377 e. The van der Waals surface area contributed by atoms with Gasteiger partial charge in [0, 0.05) is 7.11 Å². The third-order valence-electron chi connectivity index (χ3n) is 2.63. The summed E-state index contributed by atoms with van der Waals surface area (Å²) < 4.78 is 4.75. The summed E-state index contributed by atoms with van der Waals surface area (Å²) in [6, 6.07) is -0.278. The second-order valence-electron chi connectivity index (χ2n) is 3.86. The Bertz CT molecular complexity index is 243. The molecule has 0 spiro atoms. The minimum atomic E-state index is -0.333. The van der Waals surface area contributed by atoms with E-state index in [1.807, 2.05) is 4.90 Å². The summed E-state index contributed by atoms with van der Waals surface area (Å²) in [4.78, 5) is 24.4. The number of nitrogens with two attached hydrogens (primary N) is 1. The Kier molecular flexibility index (Phi) is 4.71. The maximum Gasteiger partial charge on any atom is 0.234 e. The van der Waals surface area contributed by atoms with Crippen LogP contribution in [0.15, 0.2) is 0 Å². The van der Waals surface area contributed by atoms with Crippen LogP contribution in [0.2, 0.25) is 0 Å². The summed E-state index contributed by atoms with van der Waals surface area (Å²) in [5.74, 6) is -0.342. The van der Waals surface area contributed by atoms with E-state index in [1.54, 1.807) is 0 Å². The van der Waals surface area contributed by atoms with E-state index < -0.39 is 0 Å². The summed E-state index contributed by atoms with van der Waals surface area (Å²) in [6.45, 7) is 1.13. The highest BCUT2D eigenvalue weighted by atomic mass is 16.5. The largest absolute Gasteiger partial charge is 0.377 e. The lowest BCUT2D eigenvalue weighted by Gasteiger charge is -2.32. The van der Waals surface area contributed by atoms with Gasteiger partial charge in [-0.1, -0.05) is 6.42 Å². The lowest BCUT2D eigenvalue weighted by Crippen LogP contribution is -2.49. The highest BCUT2D eigenvalue weighted by molar-refractivity contribution is 5.84. The van der Waals surface area contributed by atoms with Crippen molar-refractivity contribution in [3.63, 3.8) is 0 Å². The third-order valence-corrected chi connectivity index (χ3v) is 2.63. The van der Waals surface area contributed by atoms with Crippen LogP contribution in [0.25, 0.3) is 0 Å². The van der Waals surface area contributed by atoms with Gasteiger partial charge in [0.05, 0.1) is 12.6 Å². The van der Waals surface area contributed by atoms with E-state index in [1.165, 1.54) is 7.11 Å². The zero-order valence-electron chi connectivity index (χ0n) is 9.07. The van der Waals surface area contributed by atoms with E-state index in [2.05, 4.69) is 0 Å². The van der Waals surface area contributed by atoms with E-state index >= 15 is 0 Å². The second kappa shape index (κ2) is 5.82. The maximum atomic E-state index is 11.4. The number of likely N-dealkylation sites (tertiary alicyclic amines) is 1. The van der Waals surface area contributed by atoms with Crippen LogP contribution in [0.1, 0.15) is 19.3 Å². The average Bonchev–Trinajstić information content (AvgIpc) is 2.18. The van der Waals surface area contributed by atoms with Crippen LogP contribution >= 0.6 is 0 Å². The van der Waals surface area contributed by atoms with Gasteiger partial charge in [-0.25, -0.2) is 0 Å². The van der Waals surface area contributed by atoms with Gasteiger partial charge in [-0.05, 0) is 19.4 Å². The summed E-state index contributed by atoms with van der Waals surface area (Å²) in [5.41, 5.74) is 5.28. The van der Waals surface area contributed by atoms with Crippen LogP contribution in [0.5, 0.6) is 0 Å². The monoisotopic (exact) mass is 214 g/mol. The number of hydrogen-bond donors (Lipinski definition) is 1. The Hall–Kier alpha value is -0.940. The highest BCUT2D eigenvalue weighted by Crippen LogP contribution is 2.16. The number of Topliss-reactive ketones (excluding diaryl/α,β-unsaturated/α-hetero) is 1. The summed E-state index contributed by atoms with van der Waals surface area (Å²) >= 11 is 0. The number of nitrogens with zero attached hydrogens (tertiary/aromatic N) is 1. The topological polar surface area (TPSA) is 72.6 Å². The van der Waals surface area contributed by atoms with Gasteiger partial charge in [-0.15, -0.1) is 0 Å². The van der Waals surface area contributed by atoms with Crippen molar-refractivity contribution in [2.75, 3.05) is 26.8 Å². The van der Waals surface area contributed by atoms with Crippen LogP contribution in [0.3, 0.4) is 0 Å². The Labute approximate surface area is 89.6 Å². The van der Waals surface area contributed by atoms with Gasteiger partial charge in [0.2, 0.25) is 5.91 Å². The number of carbonyl (C=O) groups is 2. The average molecular weight is 214 g/mol. The van der Waals surface area contributed by atoms with Crippen molar-refractivity contribution in [1.82, 2.24) is 4.90 Å². The molecule has 0 radical (unpaired) electrons. The van der Waals surface area contributed by atoms with E-state index in [4.69, 9.17) is 10.5 Å². The zero-order chi connectivity index (χ0) is 11.3. The molecule has 5 nitrogen and oxygen atoms in total. The molecule has 0 aromatic heterocycles. The van der Waals surface area contributed by atoms with Gasteiger partial charge in [0.15, 0.2) is 5.78 Å². The quantitative estimate of drug-likeness (QED) is 0.672. The molecule has 0 bridgehead atoms. The third kappa shape index (κ3) is 3.60. The molecule has 0 aromatic rings. The molecule has 5 heteroatoms. The number of amides is 1. The smallest absolute Gasteiger partial charge is 0.234 e. The molecule has 1 unspecified atom stereocenters. The highest BCUT2D eigenvalue weighted by Gasteiger charge is 2.27. The molecule has 86 valence electrons. The molecule has 1 aliphatic heterocycles. The fraction of sp³-hybridized carbons (Fsp3) is 0.800. The van der Waals surface area contributed by atoms with E-state index in [-0.39, 0.29) is 30.9 Å². The summed E-state index contributed by atoms with van der Waals surface area (Å²) in [6.07, 6.45) is 2.78. The van der Waals surface area contributed by atoms with Gasteiger partial charge in [0.25, 0.3) is 0 Å². The molecule has 1 saturated heterocycles. The van der Waals surface area contributed by atoms with E-state index in [0.29, 0.717) is 0 Å². The fourth-order valence-corrected chi connectivity index (χ4v) is 1.94. The first-order chi connectivity index (χ1) is 7.15. The van der Waals surface area contributed by atoms with E-state index in [9.17, 15) is 9.59 Å². The maximum absolute atomic E-state index is 11.4. The molecule has 0 aliphatic carbocycles. The van der Waals surface area contributed by atoms with Gasteiger partial charge < -0.3 is 10.5 Å². The molecule has 15 heavy (non-hydrogen) atoms. The van der Waals surface area contributed by atoms with Crippen molar-refractivity contribution in [2.45, 2.75) is 25.3 Å². The molecule has 0 aromatic carbocycles. The molecule has 1 fully saturated rings. The SMILES string of the molecule is COCC(=O)CN1CCCCC1C(N)=O. The minimum absolute atomic E-state index is 0.00866. The molecular formula is C10H18N2O3. The van der Waals surface area contributed by atoms with Gasteiger partial charge in [0.1, 0.15) is 6.61 Å². The first-order valence-corrected chi connectivity index (χ1v) is 5.19. The number of piperidine rings is 1. The van der Waals surface area contributed by atoms with Crippen molar-refractivity contribution in [3.05, 3.63) is 0 Å². The predicted molar refractivity (Wildman–Crippen MR) is 55.3 cm³/mol. The first-order valence-electron chi connectivity index (χ1n) is 5.19. The van der Waals surface area contributed by atoms with Gasteiger partial charge in [-0.3, -0.25) is 14.5 Å². The van der Waals surface area contributed by atoms with Crippen molar-refractivity contribution < 1.29 is 14.3 Å². The number of rotatable bonds is 5. The number of ketones is 1. The van der Waals surface area contributed by atoms with E-state index in [0.717, 1.165) is 25.8 Å².